The lowest BCUT2D eigenvalue weighted by molar-refractivity contribution is -0.121. The van der Waals surface area contributed by atoms with Crippen molar-refractivity contribution in [3.05, 3.63) is 52.6 Å². The van der Waals surface area contributed by atoms with E-state index in [2.05, 4.69) is 22.6 Å². The number of carbonyl (C=O) groups is 1. The minimum Gasteiger partial charge on any atom is -0.273 e. The molecule has 0 unspecified atom stereocenters. The number of fused-ring (bicyclic) bond motifs is 3. The molecule has 1 N–H and O–H groups in total. The third kappa shape index (κ3) is 2.35. The number of hydrogen-bond donors (Lipinski definition) is 1. The van der Waals surface area contributed by atoms with Crippen LogP contribution in [0, 0.1) is 17.8 Å². The maximum Gasteiger partial charge on any atom is 0.280 e. The van der Waals surface area contributed by atoms with Crippen LogP contribution in [-0.2, 0) is 4.79 Å². The first-order valence-electron chi connectivity index (χ1n) is 8.55. The van der Waals surface area contributed by atoms with Gasteiger partial charge in [0.25, 0.3) is 5.56 Å². The fourth-order valence-electron chi connectivity index (χ4n) is 3.92. The molecule has 0 saturated heterocycles. The molecule has 1 aromatic heterocycles. The Bertz CT molecular complexity index is 897. The highest BCUT2D eigenvalue weighted by molar-refractivity contribution is 5.87. The van der Waals surface area contributed by atoms with Crippen molar-refractivity contribution >= 4 is 16.8 Å². The molecule has 2 aliphatic carbocycles. The van der Waals surface area contributed by atoms with Crippen molar-refractivity contribution in [1.29, 1.82) is 0 Å². The number of allylic oxidation sites excluding steroid dienone is 2. The molecule has 1 amide bonds. The van der Waals surface area contributed by atoms with Gasteiger partial charge in [0.2, 0.25) is 5.91 Å². The maximum absolute atomic E-state index is 12.9. The number of carbonyl (C=O) groups excluding carboxylic acids is 1. The summed E-state index contributed by atoms with van der Waals surface area (Å²) in [5.41, 5.74) is 3.30. The van der Waals surface area contributed by atoms with Gasteiger partial charge >= 0.3 is 0 Å². The number of rotatable bonds is 3. The second kappa shape index (κ2) is 5.58. The van der Waals surface area contributed by atoms with Gasteiger partial charge < -0.3 is 0 Å². The van der Waals surface area contributed by atoms with Gasteiger partial charge in [-0.2, -0.15) is 0 Å². The Hall–Kier alpha value is -2.43. The molecule has 5 heteroatoms. The molecule has 5 nitrogen and oxygen atoms in total. The van der Waals surface area contributed by atoms with Gasteiger partial charge in [-0.1, -0.05) is 38.1 Å². The number of aromatic nitrogens is 2. The average Bonchev–Trinajstić information content (AvgIpc) is 3.20. The zero-order chi connectivity index (χ0) is 16.8. The Balaban J connectivity index is 1.74. The topological polar surface area (TPSA) is 64.0 Å². The zero-order valence-corrected chi connectivity index (χ0v) is 13.9. The molecule has 0 aliphatic heterocycles. The van der Waals surface area contributed by atoms with E-state index in [4.69, 9.17) is 0 Å². The van der Waals surface area contributed by atoms with E-state index in [1.54, 1.807) is 6.07 Å². The van der Waals surface area contributed by atoms with Crippen molar-refractivity contribution in [3.8, 4) is 0 Å². The van der Waals surface area contributed by atoms with Crippen LogP contribution in [-0.4, -0.2) is 15.6 Å². The molecular weight excluding hydrogens is 302 g/mol. The molecule has 1 saturated carbocycles. The summed E-state index contributed by atoms with van der Waals surface area (Å²) in [5, 5.41) is 0.523. The van der Waals surface area contributed by atoms with Gasteiger partial charge in [-0.3, -0.25) is 15.0 Å². The van der Waals surface area contributed by atoms with E-state index in [1.807, 2.05) is 32.0 Å². The summed E-state index contributed by atoms with van der Waals surface area (Å²) in [6.07, 6.45) is 6.28. The van der Waals surface area contributed by atoms with Crippen molar-refractivity contribution in [2.75, 3.05) is 5.43 Å². The Morgan fingerprint density at radius 2 is 2.04 bits per heavy atom. The normalized spacial score (nSPS) is 24.9. The predicted molar refractivity (Wildman–Crippen MR) is 93.3 cm³/mol. The van der Waals surface area contributed by atoms with Gasteiger partial charge in [0.05, 0.1) is 10.9 Å². The van der Waals surface area contributed by atoms with Crippen LogP contribution in [0.2, 0.25) is 0 Å². The minimum atomic E-state index is -0.212. The lowest BCUT2D eigenvalue weighted by Crippen LogP contribution is -2.40. The van der Waals surface area contributed by atoms with Crippen LogP contribution in [0.1, 0.15) is 38.4 Å². The smallest absolute Gasteiger partial charge is 0.273 e. The SMILES string of the molecule is CC(C)c1nc2ccccc2c(=O)n1NC(=O)[C@H]1C[C@@H]2C=C[C@H]1C2. The summed E-state index contributed by atoms with van der Waals surface area (Å²) in [4.78, 5) is 30.2. The molecule has 2 aliphatic rings. The third-order valence-electron chi connectivity index (χ3n) is 5.16. The van der Waals surface area contributed by atoms with Gasteiger partial charge in [0, 0.05) is 11.8 Å². The van der Waals surface area contributed by atoms with E-state index < -0.39 is 0 Å². The number of para-hydroxylation sites is 1. The van der Waals surface area contributed by atoms with Crippen LogP contribution in [0.5, 0.6) is 0 Å². The second-order valence-corrected chi connectivity index (χ2v) is 7.15. The standard InChI is InChI=1S/C19H21N3O2/c1-11(2)17-20-16-6-4-3-5-14(16)19(24)22(17)21-18(23)15-10-12-7-8-13(15)9-12/h3-8,11-13,15H,9-10H2,1-2H3,(H,21,23)/t12-,13+,15+/m1/s1. The monoisotopic (exact) mass is 323 g/mol. The lowest BCUT2D eigenvalue weighted by atomic mass is 9.93. The van der Waals surface area contributed by atoms with Gasteiger partial charge in [-0.05, 0) is 36.8 Å². The van der Waals surface area contributed by atoms with E-state index in [0.29, 0.717) is 28.6 Å². The van der Waals surface area contributed by atoms with E-state index >= 15 is 0 Å². The first-order valence-corrected chi connectivity index (χ1v) is 8.55. The zero-order valence-electron chi connectivity index (χ0n) is 13.9. The molecule has 1 fully saturated rings. The van der Waals surface area contributed by atoms with Crippen LogP contribution in [0.3, 0.4) is 0 Å². The fourth-order valence-corrected chi connectivity index (χ4v) is 3.92. The van der Waals surface area contributed by atoms with Crippen molar-refractivity contribution < 1.29 is 4.79 Å². The Morgan fingerprint density at radius 3 is 2.71 bits per heavy atom. The first-order chi connectivity index (χ1) is 11.5. The molecule has 2 aromatic rings. The van der Waals surface area contributed by atoms with Gasteiger partial charge in [-0.15, -0.1) is 0 Å². The van der Waals surface area contributed by atoms with Crippen LogP contribution >= 0.6 is 0 Å². The highest BCUT2D eigenvalue weighted by Crippen LogP contribution is 2.43. The number of nitrogens with zero attached hydrogens (tertiary/aromatic N) is 2. The Kier molecular flexibility index (Phi) is 3.52. The van der Waals surface area contributed by atoms with Crippen LogP contribution < -0.4 is 11.0 Å². The third-order valence-corrected chi connectivity index (χ3v) is 5.16. The van der Waals surface area contributed by atoms with E-state index in [0.717, 1.165) is 12.8 Å². The molecule has 0 radical (unpaired) electrons. The first kappa shape index (κ1) is 15.1. The van der Waals surface area contributed by atoms with Crippen molar-refractivity contribution in [2.45, 2.75) is 32.6 Å². The molecule has 4 rings (SSSR count). The minimum absolute atomic E-state index is 0.0301. The summed E-state index contributed by atoms with van der Waals surface area (Å²) >= 11 is 0. The van der Waals surface area contributed by atoms with Crippen molar-refractivity contribution in [2.24, 2.45) is 17.8 Å². The van der Waals surface area contributed by atoms with Crippen molar-refractivity contribution in [1.82, 2.24) is 9.66 Å². The predicted octanol–water partition coefficient (Wildman–Crippen LogP) is 2.80. The summed E-state index contributed by atoms with van der Waals surface area (Å²) < 4.78 is 1.35. The summed E-state index contributed by atoms with van der Waals surface area (Å²) in [7, 11) is 0. The molecule has 0 spiro atoms. The summed E-state index contributed by atoms with van der Waals surface area (Å²) in [5.74, 6) is 1.32. The molecule has 3 atom stereocenters. The molecular formula is C19H21N3O2. The van der Waals surface area contributed by atoms with Crippen LogP contribution in [0.25, 0.3) is 10.9 Å². The van der Waals surface area contributed by atoms with Gasteiger partial charge in [0.15, 0.2) is 0 Å². The Morgan fingerprint density at radius 1 is 1.25 bits per heavy atom. The molecule has 24 heavy (non-hydrogen) atoms. The Labute approximate surface area is 140 Å². The number of hydrogen-bond acceptors (Lipinski definition) is 3. The van der Waals surface area contributed by atoms with E-state index in [-0.39, 0.29) is 23.3 Å². The average molecular weight is 323 g/mol. The van der Waals surface area contributed by atoms with Crippen molar-refractivity contribution in [3.63, 3.8) is 0 Å². The lowest BCUT2D eigenvalue weighted by Gasteiger charge is -2.21. The molecule has 1 heterocycles. The van der Waals surface area contributed by atoms with Gasteiger partial charge in [-0.25, -0.2) is 9.66 Å². The number of nitrogens with one attached hydrogen (secondary N) is 1. The van der Waals surface area contributed by atoms with Gasteiger partial charge in [0.1, 0.15) is 5.82 Å². The molecule has 1 aromatic carbocycles. The highest BCUT2D eigenvalue weighted by atomic mass is 16.2. The largest absolute Gasteiger partial charge is 0.280 e. The van der Waals surface area contributed by atoms with E-state index in [9.17, 15) is 9.59 Å². The number of amides is 1. The quantitative estimate of drug-likeness (QED) is 0.884. The molecule has 124 valence electrons. The summed E-state index contributed by atoms with van der Waals surface area (Å²) in [6, 6.07) is 7.25. The number of benzene rings is 1. The van der Waals surface area contributed by atoms with E-state index in [1.165, 1.54) is 4.68 Å². The summed E-state index contributed by atoms with van der Waals surface area (Å²) in [6.45, 7) is 3.94. The fraction of sp³-hybridized carbons (Fsp3) is 0.421. The second-order valence-electron chi connectivity index (χ2n) is 7.15. The van der Waals surface area contributed by atoms with Crippen LogP contribution in [0.15, 0.2) is 41.2 Å². The highest BCUT2D eigenvalue weighted by Gasteiger charge is 2.40. The maximum atomic E-state index is 12.9. The van der Waals surface area contributed by atoms with Crippen LogP contribution in [0.4, 0.5) is 0 Å². The molecule has 2 bridgehead atoms.